The number of nitrogens with one attached hydrogen (secondary N) is 1. The van der Waals surface area contributed by atoms with Crippen LogP contribution in [0.4, 0.5) is 0 Å². The van der Waals surface area contributed by atoms with Crippen LogP contribution in [0.2, 0.25) is 0 Å². The first-order valence-corrected chi connectivity index (χ1v) is 7.64. The number of aromatic nitrogens is 1. The van der Waals surface area contributed by atoms with Crippen LogP contribution >= 0.6 is 15.9 Å². The summed E-state index contributed by atoms with van der Waals surface area (Å²) in [7, 11) is 0. The zero-order valence-electron chi connectivity index (χ0n) is 11.5. The van der Waals surface area contributed by atoms with E-state index in [4.69, 9.17) is 4.74 Å². The SMILES string of the molecule is CC(C)OCCCNC(=O)c1cc(Br)cn1C1CC1. The van der Waals surface area contributed by atoms with Gasteiger partial charge in [0.1, 0.15) is 5.69 Å². The average Bonchev–Trinajstić information content (AvgIpc) is 3.11. The van der Waals surface area contributed by atoms with Crippen molar-refractivity contribution in [2.45, 2.75) is 45.3 Å². The first kappa shape index (κ1) is 14.6. The topological polar surface area (TPSA) is 43.3 Å². The number of carbonyl (C=O) groups excluding carboxylic acids is 1. The summed E-state index contributed by atoms with van der Waals surface area (Å²) in [4.78, 5) is 12.1. The molecule has 1 heterocycles. The van der Waals surface area contributed by atoms with Gasteiger partial charge in [-0.1, -0.05) is 0 Å². The molecule has 1 aromatic rings. The molecule has 1 aliphatic carbocycles. The molecule has 0 aliphatic heterocycles. The summed E-state index contributed by atoms with van der Waals surface area (Å²) in [6.07, 6.45) is 5.43. The highest BCUT2D eigenvalue weighted by atomic mass is 79.9. The highest BCUT2D eigenvalue weighted by molar-refractivity contribution is 9.10. The fraction of sp³-hybridized carbons (Fsp3) is 0.643. The fourth-order valence-corrected chi connectivity index (χ4v) is 2.40. The van der Waals surface area contributed by atoms with Crippen molar-refractivity contribution >= 4 is 21.8 Å². The van der Waals surface area contributed by atoms with Gasteiger partial charge in [0, 0.05) is 29.9 Å². The van der Waals surface area contributed by atoms with Crippen LogP contribution < -0.4 is 5.32 Å². The summed E-state index contributed by atoms with van der Waals surface area (Å²) < 4.78 is 8.48. The lowest BCUT2D eigenvalue weighted by molar-refractivity contribution is 0.0756. The number of hydrogen-bond acceptors (Lipinski definition) is 2. The fourth-order valence-electron chi connectivity index (χ4n) is 1.97. The van der Waals surface area contributed by atoms with Crippen molar-refractivity contribution in [2.75, 3.05) is 13.2 Å². The molecule has 0 atom stereocenters. The van der Waals surface area contributed by atoms with E-state index in [1.165, 1.54) is 12.8 Å². The van der Waals surface area contributed by atoms with E-state index in [1.807, 2.05) is 26.1 Å². The summed E-state index contributed by atoms with van der Waals surface area (Å²) in [5.41, 5.74) is 0.749. The van der Waals surface area contributed by atoms with E-state index < -0.39 is 0 Å². The third kappa shape index (κ3) is 4.35. The molecule has 0 radical (unpaired) electrons. The van der Waals surface area contributed by atoms with Crippen molar-refractivity contribution < 1.29 is 9.53 Å². The predicted octanol–water partition coefficient (Wildman–Crippen LogP) is 3.13. The number of amides is 1. The Bertz CT molecular complexity index is 439. The third-order valence-electron chi connectivity index (χ3n) is 3.05. The Hall–Kier alpha value is -0.810. The molecule has 0 saturated heterocycles. The summed E-state index contributed by atoms with van der Waals surface area (Å²) in [5.74, 6) is 0.00199. The van der Waals surface area contributed by atoms with Gasteiger partial charge in [0.15, 0.2) is 0 Å². The van der Waals surface area contributed by atoms with Gasteiger partial charge in [0.2, 0.25) is 0 Å². The first-order valence-electron chi connectivity index (χ1n) is 6.85. The molecular weight excluding hydrogens is 308 g/mol. The minimum Gasteiger partial charge on any atom is -0.379 e. The normalized spacial score (nSPS) is 14.9. The van der Waals surface area contributed by atoms with E-state index in [0.717, 1.165) is 16.6 Å². The maximum Gasteiger partial charge on any atom is 0.267 e. The maximum absolute atomic E-state index is 12.1. The first-order chi connectivity index (χ1) is 9.08. The molecule has 2 rings (SSSR count). The van der Waals surface area contributed by atoms with Gasteiger partial charge < -0.3 is 14.6 Å². The molecule has 5 heteroatoms. The largest absolute Gasteiger partial charge is 0.379 e. The molecule has 1 saturated carbocycles. The van der Waals surface area contributed by atoms with Gasteiger partial charge in [-0.25, -0.2) is 0 Å². The number of hydrogen-bond donors (Lipinski definition) is 1. The second-order valence-electron chi connectivity index (χ2n) is 5.21. The van der Waals surface area contributed by atoms with Crippen molar-refractivity contribution in [2.24, 2.45) is 0 Å². The van der Waals surface area contributed by atoms with Gasteiger partial charge in [-0.3, -0.25) is 4.79 Å². The van der Waals surface area contributed by atoms with Gasteiger partial charge in [-0.05, 0) is 55.1 Å². The van der Waals surface area contributed by atoms with Crippen LogP contribution in [0, 0.1) is 0 Å². The van der Waals surface area contributed by atoms with Crippen molar-refractivity contribution in [1.29, 1.82) is 0 Å². The summed E-state index contributed by atoms with van der Waals surface area (Å²) in [6, 6.07) is 2.40. The number of rotatable bonds is 7. The van der Waals surface area contributed by atoms with E-state index in [-0.39, 0.29) is 12.0 Å². The summed E-state index contributed by atoms with van der Waals surface area (Å²) in [5, 5.41) is 2.95. The lowest BCUT2D eigenvalue weighted by Crippen LogP contribution is -2.27. The molecule has 106 valence electrons. The second kappa shape index (κ2) is 6.57. The minimum atomic E-state index is 0.00199. The Balaban J connectivity index is 1.79. The predicted molar refractivity (Wildman–Crippen MR) is 78.4 cm³/mol. The van der Waals surface area contributed by atoms with Crippen LogP contribution in [-0.2, 0) is 4.74 Å². The Labute approximate surface area is 122 Å². The van der Waals surface area contributed by atoms with Crippen LogP contribution in [0.25, 0.3) is 0 Å². The molecule has 19 heavy (non-hydrogen) atoms. The Kier molecular flexibility index (Phi) is 5.05. The summed E-state index contributed by atoms with van der Waals surface area (Å²) >= 11 is 3.44. The standard InChI is InChI=1S/C14H21BrN2O2/c1-10(2)19-7-3-6-16-14(18)13-8-11(15)9-17(13)12-4-5-12/h8-10,12H,3-7H2,1-2H3,(H,16,18). The van der Waals surface area contributed by atoms with E-state index >= 15 is 0 Å². The number of nitrogens with zero attached hydrogens (tertiary/aromatic N) is 1. The lowest BCUT2D eigenvalue weighted by Gasteiger charge is -2.10. The zero-order valence-corrected chi connectivity index (χ0v) is 13.1. The number of ether oxygens (including phenoxy) is 1. The quantitative estimate of drug-likeness (QED) is 0.781. The molecule has 1 aliphatic rings. The van der Waals surface area contributed by atoms with Crippen LogP contribution in [0.15, 0.2) is 16.7 Å². The smallest absolute Gasteiger partial charge is 0.267 e. The van der Waals surface area contributed by atoms with Gasteiger partial charge >= 0.3 is 0 Å². The molecule has 1 amide bonds. The molecule has 0 unspecified atom stereocenters. The zero-order chi connectivity index (χ0) is 13.8. The second-order valence-corrected chi connectivity index (χ2v) is 6.13. The van der Waals surface area contributed by atoms with Crippen LogP contribution in [0.5, 0.6) is 0 Å². The molecule has 0 bridgehead atoms. The van der Waals surface area contributed by atoms with Gasteiger partial charge in [-0.2, -0.15) is 0 Å². The Morgan fingerprint density at radius 2 is 2.32 bits per heavy atom. The molecule has 0 aromatic carbocycles. The highest BCUT2D eigenvalue weighted by Gasteiger charge is 2.27. The molecule has 1 aromatic heterocycles. The molecule has 1 N–H and O–H groups in total. The van der Waals surface area contributed by atoms with Crippen molar-refractivity contribution in [3.8, 4) is 0 Å². The lowest BCUT2D eigenvalue weighted by atomic mass is 10.3. The van der Waals surface area contributed by atoms with Crippen molar-refractivity contribution in [1.82, 2.24) is 9.88 Å². The van der Waals surface area contributed by atoms with Crippen LogP contribution in [-0.4, -0.2) is 29.7 Å². The van der Waals surface area contributed by atoms with Crippen molar-refractivity contribution in [3.05, 3.63) is 22.4 Å². The van der Waals surface area contributed by atoms with Crippen LogP contribution in [0.1, 0.15) is 49.6 Å². The summed E-state index contributed by atoms with van der Waals surface area (Å²) in [6.45, 7) is 5.36. The van der Waals surface area contributed by atoms with E-state index in [2.05, 4.69) is 25.8 Å². The Morgan fingerprint density at radius 1 is 1.58 bits per heavy atom. The van der Waals surface area contributed by atoms with Crippen molar-refractivity contribution in [3.63, 3.8) is 0 Å². The number of halogens is 1. The average molecular weight is 329 g/mol. The van der Waals surface area contributed by atoms with E-state index in [9.17, 15) is 4.79 Å². The van der Waals surface area contributed by atoms with E-state index in [1.54, 1.807) is 0 Å². The van der Waals surface area contributed by atoms with Gasteiger partial charge in [0.25, 0.3) is 5.91 Å². The molecule has 0 spiro atoms. The molecular formula is C14H21BrN2O2. The molecule has 1 fully saturated rings. The third-order valence-corrected chi connectivity index (χ3v) is 3.48. The maximum atomic E-state index is 12.1. The Morgan fingerprint density at radius 3 is 2.95 bits per heavy atom. The van der Waals surface area contributed by atoms with E-state index in [0.29, 0.717) is 19.2 Å². The van der Waals surface area contributed by atoms with Gasteiger partial charge in [0.05, 0.1) is 6.10 Å². The monoisotopic (exact) mass is 328 g/mol. The highest BCUT2D eigenvalue weighted by Crippen LogP contribution is 2.37. The minimum absolute atomic E-state index is 0.00199. The van der Waals surface area contributed by atoms with Gasteiger partial charge in [-0.15, -0.1) is 0 Å². The number of carbonyl (C=O) groups is 1. The van der Waals surface area contributed by atoms with Crippen LogP contribution in [0.3, 0.4) is 0 Å². The molecule has 4 nitrogen and oxygen atoms in total.